The zero-order valence-electron chi connectivity index (χ0n) is 11.6. The first-order valence-corrected chi connectivity index (χ1v) is 6.50. The Kier molecular flexibility index (Phi) is 5.74. The van der Waals surface area contributed by atoms with Gasteiger partial charge in [0.25, 0.3) is 0 Å². The predicted molar refractivity (Wildman–Crippen MR) is 71.9 cm³/mol. The molecule has 0 aromatic heterocycles. The van der Waals surface area contributed by atoms with Gasteiger partial charge < -0.3 is 5.32 Å². The first-order valence-electron chi connectivity index (χ1n) is 6.50. The summed E-state index contributed by atoms with van der Waals surface area (Å²) in [7, 11) is 0. The summed E-state index contributed by atoms with van der Waals surface area (Å²) >= 11 is 0. The summed E-state index contributed by atoms with van der Waals surface area (Å²) in [4.78, 5) is 0. The fourth-order valence-electron chi connectivity index (χ4n) is 1.99. The average Bonchev–Trinajstić information content (AvgIpc) is 2.33. The molecule has 20 heavy (non-hydrogen) atoms. The number of halogens is 4. The molecule has 0 spiro atoms. The van der Waals surface area contributed by atoms with Crippen molar-refractivity contribution in [3.63, 3.8) is 0 Å². The van der Waals surface area contributed by atoms with Crippen molar-refractivity contribution in [2.45, 2.75) is 38.9 Å². The van der Waals surface area contributed by atoms with E-state index in [1.54, 1.807) is 0 Å². The molecule has 0 radical (unpaired) electrons. The summed E-state index contributed by atoms with van der Waals surface area (Å²) in [6.07, 6.45) is -3.32. The van der Waals surface area contributed by atoms with E-state index < -0.39 is 23.6 Å². The Hall–Kier alpha value is -1.36. The Morgan fingerprint density at radius 2 is 2.00 bits per heavy atom. The zero-order valence-corrected chi connectivity index (χ0v) is 11.6. The highest BCUT2D eigenvalue weighted by atomic mass is 19.4. The van der Waals surface area contributed by atoms with Crippen LogP contribution in [0.1, 0.15) is 43.9 Å². The van der Waals surface area contributed by atoms with Crippen molar-refractivity contribution < 1.29 is 17.6 Å². The van der Waals surface area contributed by atoms with Gasteiger partial charge in [0.05, 0.1) is 5.56 Å². The molecule has 1 unspecified atom stereocenters. The molecule has 1 rings (SSSR count). The minimum Gasteiger partial charge on any atom is -0.310 e. The van der Waals surface area contributed by atoms with Gasteiger partial charge in [0, 0.05) is 11.6 Å². The molecule has 0 heterocycles. The SMILES string of the molecule is C=C(C)CCC(NCC)c1cc(C(F)(F)F)ccc1F. The fourth-order valence-corrected chi connectivity index (χ4v) is 1.99. The lowest BCUT2D eigenvalue weighted by molar-refractivity contribution is -0.137. The number of allylic oxidation sites excluding steroid dienone is 1. The van der Waals surface area contributed by atoms with Crippen LogP contribution in [0.15, 0.2) is 30.4 Å². The summed E-state index contributed by atoms with van der Waals surface area (Å²) in [5.74, 6) is -0.620. The van der Waals surface area contributed by atoms with E-state index in [1.165, 1.54) is 0 Å². The molecule has 0 saturated heterocycles. The number of nitrogens with one attached hydrogen (secondary N) is 1. The average molecular weight is 289 g/mol. The molecule has 0 aliphatic carbocycles. The van der Waals surface area contributed by atoms with E-state index in [4.69, 9.17) is 0 Å². The highest BCUT2D eigenvalue weighted by molar-refractivity contribution is 5.29. The lowest BCUT2D eigenvalue weighted by Crippen LogP contribution is -2.22. The van der Waals surface area contributed by atoms with E-state index in [9.17, 15) is 17.6 Å². The summed E-state index contributed by atoms with van der Waals surface area (Å²) in [5.41, 5.74) is 0.148. The predicted octanol–water partition coefficient (Wildman–Crippen LogP) is 4.85. The highest BCUT2D eigenvalue weighted by Crippen LogP contribution is 2.33. The monoisotopic (exact) mass is 289 g/mol. The normalized spacial score (nSPS) is 13.3. The summed E-state index contributed by atoms with van der Waals surface area (Å²) in [5, 5.41) is 3.03. The maximum atomic E-state index is 13.8. The summed E-state index contributed by atoms with van der Waals surface area (Å²) < 4.78 is 51.9. The van der Waals surface area contributed by atoms with Gasteiger partial charge in [0.2, 0.25) is 0 Å². The van der Waals surface area contributed by atoms with E-state index in [2.05, 4.69) is 11.9 Å². The first kappa shape index (κ1) is 16.7. The maximum absolute atomic E-state index is 13.8. The standard InChI is InChI=1S/C15H19F4N/c1-4-20-14(8-5-10(2)3)12-9-11(15(17,18)19)6-7-13(12)16/h6-7,9,14,20H,2,4-5,8H2,1,3H3. The molecule has 0 amide bonds. The quantitative estimate of drug-likeness (QED) is 0.583. The number of hydrogen-bond donors (Lipinski definition) is 1. The highest BCUT2D eigenvalue weighted by Gasteiger charge is 2.31. The van der Waals surface area contributed by atoms with E-state index in [-0.39, 0.29) is 5.56 Å². The maximum Gasteiger partial charge on any atom is 0.416 e. The summed E-state index contributed by atoms with van der Waals surface area (Å²) in [6, 6.07) is 2.09. The van der Waals surface area contributed by atoms with Crippen molar-refractivity contribution in [2.75, 3.05) is 6.54 Å². The zero-order chi connectivity index (χ0) is 15.3. The molecule has 112 valence electrons. The van der Waals surface area contributed by atoms with Gasteiger partial charge in [-0.05, 0) is 44.5 Å². The van der Waals surface area contributed by atoms with E-state index >= 15 is 0 Å². The Morgan fingerprint density at radius 1 is 1.35 bits per heavy atom. The second kappa shape index (κ2) is 6.88. The van der Waals surface area contributed by atoms with Crippen LogP contribution in [0.25, 0.3) is 0 Å². The first-order chi connectivity index (χ1) is 9.25. The van der Waals surface area contributed by atoms with Crippen LogP contribution in [0.4, 0.5) is 17.6 Å². The third kappa shape index (κ3) is 4.63. The lowest BCUT2D eigenvalue weighted by atomic mass is 9.97. The Morgan fingerprint density at radius 3 is 2.50 bits per heavy atom. The van der Waals surface area contributed by atoms with Crippen LogP contribution in [0.3, 0.4) is 0 Å². The number of alkyl halides is 3. The smallest absolute Gasteiger partial charge is 0.310 e. The molecule has 0 aliphatic rings. The van der Waals surface area contributed by atoms with Crippen LogP contribution in [0.5, 0.6) is 0 Å². The van der Waals surface area contributed by atoms with Crippen LogP contribution in [0, 0.1) is 5.82 Å². The van der Waals surface area contributed by atoms with Gasteiger partial charge in [-0.1, -0.05) is 12.5 Å². The lowest BCUT2D eigenvalue weighted by Gasteiger charge is -2.20. The van der Waals surface area contributed by atoms with E-state index in [0.717, 1.165) is 23.8 Å². The Balaban J connectivity index is 3.08. The second-order valence-corrected chi connectivity index (χ2v) is 4.84. The second-order valence-electron chi connectivity index (χ2n) is 4.84. The van der Waals surface area contributed by atoms with E-state index in [1.807, 2.05) is 13.8 Å². The molecule has 0 aliphatic heterocycles. The molecule has 0 saturated carbocycles. The van der Waals surface area contributed by atoms with Crippen LogP contribution >= 0.6 is 0 Å². The van der Waals surface area contributed by atoms with Gasteiger partial charge >= 0.3 is 6.18 Å². The molecule has 1 atom stereocenters. The van der Waals surface area contributed by atoms with Gasteiger partial charge in [-0.25, -0.2) is 4.39 Å². The largest absolute Gasteiger partial charge is 0.416 e. The number of hydrogen-bond acceptors (Lipinski definition) is 1. The van der Waals surface area contributed by atoms with Crippen molar-refractivity contribution in [2.24, 2.45) is 0 Å². The van der Waals surface area contributed by atoms with Gasteiger partial charge in [-0.3, -0.25) is 0 Å². The molecule has 1 aromatic rings. The molecule has 1 aromatic carbocycles. The van der Waals surface area contributed by atoms with Crippen molar-refractivity contribution in [1.29, 1.82) is 0 Å². The fraction of sp³-hybridized carbons (Fsp3) is 0.467. The van der Waals surface area contributed by atoms with Crippen LogP contribution in [-0.2, 0) is 6.18 Å². The van der Waals surface area contributed by atoms with Crippen molar-refractivity contribution >= 4 is 0 Å². The van der Waals surface area contributed by atoms with E-state index in [0.29, 0.717) is 19.4 Å². The van der Waals surface area contributed by atoms with Crippen LogP contribution < -0.4 is 5.32 Å². The molecule has 0 bridgehead atoms. The third-order valence-corrected chi connectivity index (χ3v) is 3.01. The summed E-state index contributed by atoms with van der Waals surface area (Å²) in [6.45, 7) is 7.98. The molecule has 1 N–H and O–H groups in total. The minimum absolute atomic E-state index is 0.0583. The number of rotatable bonds is 6. The molecule has 0 fully saturated rings. The minimum atomic E-state index is -4.46. The van der Waals surface area contributed by atoms with Crippen molar-refractivity contribution in [3.05, 3.63) is 47.3 Å². The topological polar surface area (TPSA) is 12.0 Å². The molecular formula is C15H19F4N. The van der Waals surface area contributed by atoms with Gasteiger partial charge in [-0.15, -0.1) is 6.58 Å². The van der Waals surface area contributed by atoms with Gasteiger partial charge in [0.1, 0.15) is 5.82 Å². The van der Waals surface area contributed by atoms with Crippen molar-refractivity contribution in [1.82, 2.24) is 5.32 Å². The number of benzene rings is 1. The molecule has 5 heteroatoms. The molecule has 1 nitrogen and oxygen atoms in total. The Labute approximate surface area is 116 Å². The Bertz CT molecular complexity index is 465. The van der Waals surface area contributed by atoms with Crippen LogP contribution in [-0.4, -0.2) is 6.54 Å². The van der Waals surface area contributed by atoms with Crippen molar-refractivity contribution in [3.8, 4) is 0 Å². The van der Waals surface area contributed by atoms with Gasteiger partial charge in [0.15, 0.2) is 0 Å². The molecular weight excluding hydrogens is 270 g/mol. The van der Waals surface area contributed by atoms with Crippen LogP contribution in [0.2, 0.25) is 0 Å². The van der Waals surface area contributed by atoms with Gasteiger partial charge in [-0.2, -0.15) is 13.2 Å². The third-order valence-electron chi connectivity index (χ3n) is 3.01.